The Hall–Kier alpha value is -2.79. The zero-order valence-electron chi connectivity index (χ0n) is 17.0. The summed E-state index contributed by atoms with van der Waals surface area (Å²) in [5.41, 5.74) is 2.32. The molecule has 0 bridgehead atoms. The number of methoxy groups -OCH3 is 1. The van der Waals surface area contributed by atoms with Gasteiger partial charge in [0.15, 0.2) is 0 Å². The largest absolute Gasteiger partial charge is 0.497 e. The zero-order chi connectivity index (χ0) is 21.1. The van der Waals surface area contributed by atoms with Gasteiger partial charge in [-0.2, -0.15) is 0 Å². The molecule has 0 radical (unpaired) electrons. The number of hydrogen-bond acceptors (Lipinski definition) is 3. The Bertz CT molecular complexity index is 1070. The van der Waals surface area contributed by atoms with E-state index in [4.69, 9.17) is 16.3 Å². The Kier molecular flexibility index (Phi) is 6.09. The molecule has 6 heteroatoms. The standard InChI is InChI=1S/C24H25ClN2O3/c1-30-19-11-12-22-20(13-19)21(15-27(22)14-16-7-9-17(25)10-8-16)23(28)24(29)26-18-5-3-2-4-6-18/h7-13,15,18H,2-6,14H2,1H3,(H,26,29). The van der Waals surface area contributed by atoms with Gasteiger partial charge in [-0.15, -0.1) is 0 Å². The van der Waals surface area contributed by atoms with Crippen LogP contribution < -0.4 is 10.1 Å². The van der Waals surface area contributed by atoms with Crippen molar-refractivity contribution in [3.05, 3.63) is 64.8 Å². The van der Waals surface area contributed by atoms with Crippen molar-refractivity contribution in [2.75, 3.05) is 7.11 Å². The number of carbonyl (C=O) groups excluding carboxylic acids is 2. The molecule has 2 aromatic carbocycles. The van der Waals surface area contributed by atoms with Crippen molar-refractivity contribution in [3.8, 4) is 5.75 Å². The number of rotatable bonds is 6. The monoisotopic (exact) mass is 424 g/mol. The summed E-state index contributed by atoms with van der Waals surface area (Å²) in [4.78, 5) is 25.8. The summed E-state index contributed by atoms with van der Waals surface area (Å²) in [7, 11) is 1.59. The first-order chi connectivity index (χ1) is 14.5. The highest BCUT2D eigenvalue weighted by Crippen LogP contribution is 2.28. The van der Waals surface area contributed by atoms with Gasteiger partial charge in [0.2, 0.25) is 0 Å². The maximum Gasteiger partial charge on any atom is 0.292 e. The first kappa shape index (κ1) is 20.5. The Labute approximate surface area is 181 Å². The van der Waals surface area contributed by atoms with Gasteiger partial charge >= 0.3 is 0 Å². The van der Waals surface area contributed by atoms with Gasteiger partial charge in [0, 0.05) is 34.7 Å². The highest BCUT2D eigenvalue weighted by molar-refractivity contribution is 6.45. The highest BCUT2D eigenvalue weighted by atomic mass is 35.5. The minimum Gasteiger partial charge on any atom is -0.497 e. The number of carbonyl (C=O) groups is 2. The van der Waals surface area contributed by atoms with Crippen molar-refractivity contribution in [2.24, 2.45) is 0 Å². The van der Waals surface area contributed by atoms with E-state index in [9.17, 15) is 9.59 Å². The molecule has 0 atom stereocenters. The Morgan fingerprint density at radius 2 is 1.83 bits per heavy atom. The van der Waals surface area contributed by atoms with E-state index in [2.05, 4.69) is 5.32 Å². The summed E-state index contributed by atoms with van der Waals surface area (Å²) in [6.07, 6.45) is 7.02. The maximum absolute atomic E-state index is 13.1. The number of Topliss-reactive ketones (excluding diaryl/α,β-unsaturated/α-hetero) is 1. The van der Waals surface area contributed by atoms with Crippen LogP contribution in [0.3, 0.4) is 0 Å². The Morgan fingerprint density at radius 1 is 1.10 bits per heavy atom. The molecule has 3 aromatic rings. The number of fused-ring (bicyclic) bond motifs is 1. The molecule has 30 heavy (non-hydrogen) atoms. The number of aromatic nitrogens is 1. The van der Waals surface area contributed by atoms with Crippen LogP contribution in [-0.4, -0.2) is 29.4 Å². The summed E-state index contributed by atoms with van der Waals surface area (Å²) < 4.78 is 7.33. The number of benzene rings is 2. The predicted octanol–water partition coefficient (Wildman–Crippen LogP) is 4.98. The van der Waals surface area contributed by atoms with Crippen molar-refractivity contribution in [1.82, 2.24) is 9.88 Å². The second-order valence-electron chi connectivity index (χ2n) is 7.82. The molecule has 5 nitrogen and oxygen atoms in total. The fourth-order valence-electron chi connectivity index (χ4n) is 4.12. The molecule has 156 valence electrons. The molecule has 0 unspecified atom stereocenters. The molecule has 1 fully saturated rings. The third-order valence-corrected chi connectivity index (χ3v) is 6.00. The summed E-state index contributed by atoms with van der Waals surface area (Å²) in [5.74, 6) is -0.391. The molecule has 1 heterocycles. The van der Waals surface area contributed by atoms with Gasteiger partial charge in [-0.25, -0.2) is 0 Å². The average Bonchev–Trinajstić information content (AvgIpc) is 3.13. The van der Waals surface area contributed by atoms with E-state index in [0.717, 1.165) is 36.8 Å². The third kappa shape index (κ3) is 4.36. The normalized spacial score (nSPS) is 14.6. The summed E-state index contributed by atoms with van der Waals surface area (Å²) in [6, 6.07) is 13.3. The van der Waals surface area contributed by atoms with Gasteiger partial charge < -0.3 is 14.6 Å². The molecule has 4 rings (SSSR count). The van der Waals surface area contributed by atoms with E-state index in [1.54, 1.807) is 13.3 Å². The Balaban J connectivity index is 1.66. The lowest BCUT2D eigenvalue weighted by Gasteiger charge is -2.22. The number of hydrogen-bond donors (Lipinski definition) is 1. The van der Waals surface area contributed by atoms with Crippen LogP contribution in [0.15, 0.2) is 48.7 Å². The summed E-state index contributed by atoms with van der Waals surface area (Å²) in [5, 5.41) is 4.32. The topological polar surface area (TPSA) is 60.3 Å². The van der Waals surface area contributed by atoms with Crippen LogP contribution in [0, 0.1) is 0 Å². The first-order valence-corrected chi connectivity index (χ1v) is 10.7. The molecule has 1 aliphatic rings. The summed E-state index contributed by atoms with van der Waals surface area (Å²) >= 11 is 5.99. The molecule has 0 saturated heterocycles. The van der Waals surface area contributed by atoms with E-state index < -0.39 is 11.7 Å². The fourth-order valence-corrected chi connectivity index (χ4v) is 4.25. The van der Waals surface area contributed by atoms with Crippen LogP contribution in [-0.2, 0) is 11.3 Å². The first-order valence-electron chi connectivity index (χ1n) is 10.3. The van der Waals surface area contributed by atoms with E-state index in [1.807, 2.05) is 47.0 Å². The predicted molar refractivity (Wildman–Crippen MR) is 118 cm³/mol. The van der Waals surface area contributed by atoms with Crippen LogP contribution in [0.4, 0.5) is 0 Å². The molecular weight excluding hydrogens is 400 g/mol. The number of nitrogens with zero attached hydrogens (tertiary/aromatic N) is 1. The van der Waals surface area contributed by atoms with E-state index in [-0.39, 0.29) is 6.04 Å². The quantitative estimate of drug-likeness (QED) is 0.448. The number of nitrogens with one attached hydrogen (secondary N) is 1. The zero-order valence-corrected chi connectivity index (χ0v) is 17.7. The maximum atomic E-state index is 13.1. The van der Waals surface area contributed by atoms with E-state index >= 15 is 0 Å². The van der Waals surface area contributed by atoms with Crippen LogP contribution >= 0.6 is 11.6 Å². The molecule has 1 amide bonds. The lowest BCUT2D eigenvalue weighted by Crippen LogP contribution is -2.40. The smallest absolute Gasteiger partial charge is 0.292 e. The molecule has 1 aromatic heterocycles. The molecule has 0 aliphatic heterocycles. The van der Waals surface area contributed by atoms with Crippen LogP contribution in [0.25, 0.3) is 10.9 Å². The minimum atomic E-state index is -0.532. The van der Waals surface area contributed by atoms with Gasteiger partial charge in [0.25, 0.3) is 11.7 Å². The number of ether oxygens (including phenoxy) is 1. The molecular formula is C24H25ClN2O3. The number of halogens is 1. The van der Waals surface area contributed by atoms with Gasteiger partial charge in [-0.1, -0.05) is 43.0 Å². The lowest BCUT2D eigenvalue weighted by atomic mass is 9.95. The highest BCUT2D eigenvalue weighted by Gasteiger charge is 2.25. The second kappa shape index (κ2) is 8.92. The van der Waals surface area contributed by atoms with Crippen molar-refractivity contribution < 1.29 is 14.3 Å². The van der Waals surface area contributed by atoms with Crippen LogP contribution in [0.5, 0.6) is 5.75 Å². The number of ketones is 1. The van der Waals surface area contributed by atoms with Crippen LogP contribution in [0.2, 0.25) is 5.02 Å². The van der Waals surface area contributed by atoms with Crippen LogP contribution in [0.1, 0.15) is 48.0 Å². The SMILES string of the molecule is COc1ccc2c(c1)c(C(=O)C(=O)NC1CCCCC1)cn2Cc1ccc(Cl)cc1. The molecule has 1 saturated carbocycles. The lowest BCUT2D eigenvalue weighted by molar-refractivity contribution is -0.117. The van der Waals surface area contributed by atoms with Crippen molar-refractivity contribution in [1.29, 1.82) is 0 Å². The third-order valence-electron chi connectivity index (χ3n) is 5.75. The average molecular weight is 425 g/mol. The molecule has 0 spiro atoms. The van der Waals surface area contributed by atoms with Crippen molar-refractivity contribution in [2.45, 2.75) is 44.7 Å². The second-order valence-corrected chi connectivity index (χ2v) is 8.25. The van der Waals surface area contributed by atoms with Gasteiger partial charge in [0.1, 0.15) is 5.75 Å². The summed E-state index contributed by atoms with van der Waals surface area (Å²) in [6.45, 7) is 0.567. The molecule has 1 aliphatic carbocycles. The van der Waals surface area contributed by atoms with Crippen molar-refractivity contribution >= 4 is 34.2 Å². The minimum absolute atomic E-state index is 0.0900. The van der Waals surface area contributed by atoms with Gasteiger partial charge in [-0.3, -0.25) is 9.59 Å². The Morgan fingerprint density at radius 3 is 2.53 bits per heavy atom. The fraction of sp³-hybridized carbons (Fsp3) is 0.333. The van der Waals surface area contributed by atoms with E-state index in [0.29, 0.717) is 28.3 Å². The molecule has 1 N–H and O–H groups in total. The number of amides is 1. The van der Waals surface area contributed by atoms with E-state index in [1.165, 1.54) is 6.42 Å². The van der Waals surface area contributed by atoms with Gasteiger partial charge in [-0.05, 0) is 48.7 Å². The van der Waals surface area contributed by atoms with Crippen molar-refractivity contribution in [3.63, 3.8) is 0 Å². The van der Waals surface area contributed by atoms with Gasteiger partial charge in [0.05, 0.1) is 12.7 Å².